The van der Waals surface area contributed by atoms with Crippen molar-refractivity contribution < 1.29 is 36.2 Å². The fraction of sp³-hybridized carbons (Fsp3) is 0.438. The lowest BCUT2D eigenvalue weighted by molar-refractivity contribution is -0.146. The number of rotatable bonds is 6. The molecule has 26 heavy (non-hydrogen) atoms. The first kappa shape index (κ1) is 20.7. The Hall–Kier alpha value is -1.65. The van der Waals surface area contributed by atoms with Crippen molar-refractivity contribution in [1.82, 2.24) is 4.98 Å². The van der Waals surface area contributed by atoms with Gasteiger partial charge in [0.25, 0.3) is 0 Å². The number of aromatic nitrogens is 1. The largest absolute Gasteiger partial charge is 0.417 e. The van der Waals surface area contributed by atoms with Crippen LogP contribution in [0.5, 0.6) is 5.88 Å². The van der Waals surface area contributed by atoms with Crippen molar-refractivity contribution >= 4 is 17.3 Å². The molecule has 2 heterocycles. The van der Waals surface area contributed by atoms with Gasteiger partial charge in [-0.05, 0) is 24.5 Å². The minimum absolute atomic E-state index is 0.195. The molecule has 0 N–H and O–H groups in total. The minimum Gasteiger partial charge on any atom is -0.417 e. The molecule has 0 spiro atoms. The molecule has 1 fully saturated rings. The third-order valence-corrected chi connectivity index (χ3v) is 4.26. The SMILES string of the molecule is CSC1COC(/C=C/C=C(/c2ccc(OC(F)F)nc2)C(F)(F)F)OC1. The van der Waals surface area contributed by atoms with Crippen molar-refractivity contribution in [3.05, 3.63) is 42.1 Å². The Kier molecular flexibility index (Phi) is 7.42. The summed E-state index contributed by atoms with van der Waals surface area (Å²) in [4.78, 5) is 3.45. The van der Waals surface area contributed by atoms with Crippen molar-refractivity contribution in [1.29, 1.82) is 0 Å². The smallest absolute Gasteiger partial charge is 0.417 e. The van der Waals surface area contributed by atoms with Gasteiger partial charge in [-0.1, -0.05) is 6.08 Å². The standard InChI is InChI=1S/C16H16F5NO3S/c1-26-11-8-23-14(24-9-11)4-2-3-12(16(19,20)21)10-5-6-13(22-7-10)25-15(17)18/h2-7,11,14-15H,8-9H2,1H3/b4-2+,12-3-. The van der Waals surface area contributed by atoms with E-state index < -0.39 is 30.5 Å². The maximum Gasteiger partial charge on any atom is 0.417 e. The van der Waals surface area contributed by atoms with E-state index in [9.17, 15) is 22.0 Å². The summed E-state index contributed by atoms with van der Waals surface area (Å²) in [6.07, 6.45) is 0.747. The summed E-state index contributed by atoms with van der Waals surface area (Å²) >= 11 is 1.58. The number of alkyl halides is 5. The van der Waals surface area contributed by atoms with Gasteiger partial charge < -0.3 is 14.2 Å². The lowest BCUT2D eigenvalue weighted by atomic mass is 10.1. The van der Waals surface area contributed by atoms with E-state index in [2.05, 4.69) is 9.72 Å². The van der Waals surface area contributed by atoms with E-state index in [0.717, 1.165) is 24.4 Å². The van der Waals surface area contributed by atoms with Crippen LogP contribution in [0, 0.1) is 0 Å². The van der Waals surface area contributed by atoms with Crippen LogP contribution in [0.1, 0.15) is 5.56 Å². The highest BCUT2D eigenvalue weighted by atomic mass is 32.2. The minimum atomic E-state index is -4.66. The zero-order valence-electron chi connectivity index (χ0n) is 13.6. The lowest BCUT2D eigenvalue weighted by Gasteiger charge is -2.26. The molecular formula is C16H16F5NO3S. The molecule has 0 bridgehead atoms. The highest BCUT2D eigenvalue weighted by Gasteiger charge is 2.34. The fourth-order valence-corrected chi connectivity index (χ4v) is 2.47. The van der Waals surface area contributed by atoms with Gasteiger partial charge in [-0.3, -0.25) is 0 Å². The highest BCUT2D eigenvalue weighted by molar-refractivity contribution is 7.99. The molecule has 0 amide bonds. The third kappa shape index (κ3) is 6.26. The Morgan fingerprint density at radius 2 is 2.00 bits per heavy atom. The molecule has 144 valence electrons. The van der Waals surface area contributed by atoms with Crippen LogP contribution in [0.2, 0.25) is 0 Å². The van der Waals surface area contributed by atoms with E-state index >= 15 is 0 Å². The Morgan fingerprint density at radius 1 is 1.31 bits per heavy atom. The summed E-state index contributed by atoms with van der Waals surface area (Å²) in [5.41, 5.74) is -1.26. The van der Waals surface area contributed by atoms with Crippen LogP contribution in [0.4, 0.5) is 22.0 Å². The molecular weight excluding hydrogens is 381 g/mol. The number of hydrogen-bond acceptors (Lipinski definition) is 5. The third-order valence-electron chi connectivity index (χ3n) is 3.32. The van der Waals surface area contributed by atoms with Gasteiger partial charge in [0.1, 0.15) is 0 Å². The molecule has 0 aliphatic carbocycles. The van der Waals surface area contributed by atoms with Crippen LogP contribution >= 0.6 is 11.8 Å². The molecule has 0 atom stereocenters. The van der Waals surface area contributed by atoms with Gasteiger partial charge in [0.15, 0.2) is 6.29 Å². The molecule has 1 aliphatic rings. The maximum absolute atomic E-state index is 13.2. The summed E-state index contributed by atoms with van der Waals surface area (Å²) in [6, 6.07) is 1.95. The van der Waals surface area contributed by atoms with Crippen LogP contribution in [0.15, 0.2) is 36.6 Å². The van der Waals surface area contributed by atoms with Crippen molar-refractivity contribution in [3.63, 3.8) is 0 Å². The normalized spacial score (nSPS) is 22.2. The Labute approximate surface area is 151 Å². The molecule has 0 radical (unpaired) electrons. The molecule has 1 aliphatic heterocycles. The summed E-state index contributed by atoms with van der Waals surface area (Å²) in [5, 5.41) is 0.195. The topological polar surface area (TPSA) is 40.6 Å². The molecule has 1 aromatic rings. The first-order chi connectivity index (χ1) is 12.3. The number of ether oxygens (including phenoxy) is 3. The van der Waals surface area contributed by atoms with Crippen LogP contribution < -0.4 is 4.74 Å². The van der Waals surface area contributed by atoms with E-state index in [1.54, 1.807) is 11.8 Å². The average Bonchev–Trinajstić information content (AvgIpc) is 2.59. The van der Waals surface area contributed by atoms with E-state index in [1.807, 2.05) is 6.26 Å². The first-order valence-electron chi connectivity index (χ1n) is 7.42. The van der Waals surface area contributed by atoms with Crippen molar-refractivity contribution in [2.45, 2.75) is 24.3 Å². The molecule has 0 saturated carbocycles. The van der Waals surface area contributed by atoms with E-state index in [1.165, 1.54) is 12.2 Å². The summed E-state index contributed by atoms with van der Waals surface area (Å²) in [7, 11) is 0. The number of pyridine rings is 1. The predicted molar refractivity (Wildman–Crippen MR) is 87.0 cm³/mol. The molecule has 4 nitrogen and oxygen atoms in total. The zero-order valence-corrected chi connectivity index (χ0v) is 14.4. The van der Waals surface area contributed by atoms with Crippen molar-refractivity contribution in [2.24, 2.45) is 0 Å². The van der Waals surface area contributed by atoms with Crippen molar-refractivity contribution in [2.75, 3.05) is 19.5 Å². The number of thioether (sulfide) groups is 1. The highest BCUT2D eigenvalue weighted by Crippen LogP contribution is 2.34. The van der Waals surface area contributed by atoms with Gasteiger partial charge in [0.05, 0.1) is 24.0 Å². The summed E-state index contributed by atoms with van der Waals surface area (Å²) < 4.78 is 78.6. The fourth-order valence-electron chi connectivity index (χ4n) is 2.05. The van der Waals surface area contributed by atoms with Crippen LogP contribution in [0.3, 0.4) is 0 Å². The van der Waals surface area contributed by atoms with Crippen LogP contribution in [0.25, 0.3) is 5.57 Å². The Balaban J connectivity index is 2.09. The molecule has 1 saturated heterocycles. The number of nitrogens with zero attached hydrogens (tertiary/aromatic N) is 1. The summed E-state index contributed by atoms with van der Waals surface area (Å²) in [6.45, 7) is -2.21. The van der Waals surface area contributed by atoms with Gasteiger partial charge in [-0.2, -0.15) is 33.7 Å². The van der Waals surface area contributed by atoms with Gasteiger partial charge in [-0.15, -0.1) is 0 Å². The van der Waals surface area contributed by atoms with Crippen LogP contribution in [-0.2, 0) is 9.47 Å². The molecule has 1 aromatic heterocycles. The van der Waals surface area contributed by atoms with E-state index in [-0.39, 0.29) is 10.8 Å². The molecule has 0 aromatic carbocycles. The lowest BCUT2D eigenvalue weighted by Crippen LogP contribution is -2.32. The number of halogens is 5. The first-order valence-corrected chi connectivity index (χ1v) is 8.71. The van der Waals surface area contributed by atoms with Gasteiger partial charge in [0.2, 0.25) is 5.88 Å². The maximum atomic E-state index is 13.2. The van der Waals surface area contributed by atoms with Crippen LogP contribution in [-0.4, -0.2) is 48.8 Å². The second-order valence-corrected chi connectivity index (χ2v) is 6.26. The quantitative estimate of drug-likeness (QED) is 0.529. The second kappa shape index (κ2) is 9.33. The van der Waals surface area contributed by atoms with Gasteiger partial charge in [-0.25, -0.2) is 4.98 Å². The predicted octanol–water partition coefficient (Wildman–Crippen LogP) is 4.29. The number of hydrogen-bond donors (Lipinski definition) is 0. The van der Waals surface area contributed by atoms with Crippen molar-refractivity contribution in [3.8, 4) is 5.88 Å². The number of allylic oxidation sites excluding steroid dienone is 3. The van der Waals surface area contributed by atoms with Gasteiger partial charge >= 0.3 is 12.8 Å². The van der Waals surface area contributed by atoms with E-state index in [0.29, 0.717) is 13.2 Å². The van der Waals surface area contributed by atoms with E-state index in [4.69, 9.17) is 9.47 Å². The van der Waals surface area contributed by atoms with Gasteiger partial charge in [0, 0.05) is 17.8 Å². The average molecular weight is 397 g/mol. The zero-order chi connectivity index (χ0) is 19.2. The summed E-state index contributed by atoms with van der Waals surface area (Å²) in [5.74, 6) is -0.465. The molecule has 2 rings (SSSR count). The monoisotopic (exact) mass is 397 g/mol. The molecule has 0 unspecified atom stereocenters. The Bertz CT molecular complexity index is 626. The molecule has 10 heteroatoms. The Morgan fingerprint density at radius 3 is 2.50 bits per heavy atom. The second-order valence-electron chi connectivity index (χ2n) is 5.12.